The van der Waals surface area contributed by atoms with Crippen LogP contribution in [0.5, 0.6) is 5.75 Å². The van der Waals surface area contributed by atoms with Gasteiger partial charge in [-0.25, -0.2) is 0 Å². The summed E-state index contributed by atoms with van der Waals surface area (Å²) in [6.45, 7) is 6.68. The Hall–Kier alpha value is -3.22. The van der Waals surface area contributed by atoms with E-state index in [9.17, 15) is 4.79 Å². The molecule has 4 rings (SSSR count). The molecule has 3 N–H and O–H groups in total. The third-order valence-corrected chi connectivity index (χ3v) is 5.81. The third-order valence-electron chi connectivity index (χ3n) is 5.81. The van der Waals surface area contributed by atoms with Gasteiger partial charge in [0, 0.05) is 36.5 Å². The maximum Gasteiger partial charge on any atom is 0.249 e. The van der Waals surface area contributed by atoms with E-state index < -0.39 is 5.91 Å². The predicted octanol–water partition coefficient (Wildman–Crippen LogP) is 3.67. The van der Waals surface area contributed by atoms with Gasteiger partial charge < -0.3 is 20.5 Å². The molecule has 6 nitrogen and oxygen atoms in total. The Bertz CT molecular complexity index is 1060. The summed E-state index contributed by atoms with van der Waals surface area (Å²) < 4.78 is 11.8. The van der Waals surface area contributed by atoms with Gasteiger partial charge in [0.15, 0.2) is 0 Å². The lowest BCUT2D eigenvalue weighted by molar-refractivity contribution is 0.000192. The van der Waals surface area contributed by atoms with E-state index in [1.54, 1.807) is 6.07 Å². The lowest BCUT2D eigenvalue weighted by atomic mass is 9.84. The van der Waals surface area contributed by atoms with Gasteiger partial charge in [-0.15, -0.1) is 0 Å². The van der Waals surface area contributed by atoms with Gasteiger partial charge in [0.2, 0.25) is 5.91 Å². The SMILES string of the molecule is Cc1ccc([C@H](C)c2c(C(N)=O)cc(OCC3CNCCO3)cc2-c2ccccc2)cn1. The summed E-state index contributed by atoms with van der Waals surface area (Å²) in [6, 6.07) is 17.8. The van der Waals surface area contributed by atoms with E-state index in [2.05, 4.69) is 17.2 Å². The summed E-state index contributed by atoms with van der Waals surface area (Å²) in [5.41, 5.74) is 11.1. The number of carbonyl (C=O) groups is 1. The number of amides is 1. The van der Waals surface area contributed by atoms with Crippen LogP contribution < -0.4 is 15.8 Å². The first kappa shape index (κ1) is 22.0. The predicted molar refractivity (Wildman–Crippen MR) is 125 cm³/mol. The quantitative estimate of drug-likeness (QED) is 0.596. The van der Waals surface area contributed by atoms with Crippen molar-refractivity contribution in [2.45, 2.75) is 25.9 Å². The molecule has 2 heterocycles. The second-order valence-electron chi connectivity index (χ2n) is 8.12. The minimum absolute atomic E-state index is 0.0295. The van der Waals surface area contributed by atoms with Gasteiger partial charge in [-0.05, 0) is 47.4 Å². The number of hydrogen-bond donors (Lipinski definition) is 2. The number of primary amides is 1. The van der Waals surface area contributed by atoms with Crippen molar-refractivity contribution in [1.82, 2.24) is 10.3 Å². The fourth-order valence-electron chi connectivity index (χ4n) is 4.06. The van der Waals surface area contributed by atoms with E-state index in [4.69, 9.17) is 15.2 Å². The molecule has 0 bridgehead atoms. The first-order valence-corrected chi connectivity index (χ1v) is 10.9. The monoisotopic (exact) mass is 431 g/mol. The number of morpholine rings is 1. The first-order valence-electron chi connectivity index (χ1n) is 10.9. The Morgan fingerprint density at radius 3 is 2.72 bits per heavy atom. The molecule has 2 aromatic carbocycles. The molecule has 1 saturated heterocycles. The van der Waals surface area contributed by atoms with Crippen molar-refractivity contribution in [1.29, 1.82) is 0 Å². The van der Waals surface area contributed by atoms with Gasteiger partial charge in [0.25, 0.3) is 0 Å². The summed E-state index contributed by atoms with van der Waals surface area (Å²) in [6.07, 6.45) is 1.83. The van der Waals surface area contributed by atoms with Crippen LogP contribution in [0.1, 0.15) is 40.0 Å². The number of nitrogens with zero attached hydrogens (tertiary/aromatic N) is 1. The zero-order chi connectivity index (χ0) is 22.5. The summed E-state index contributed by atoms with van der Waals surface area (Å²) in [5.74, 6) is 0.0377. The number of ether oxygens (including phenoxy) is 2. The average molecular weight is 432 g/mol. The van der Waals surface area contributed by atoms with Crippen LogP contribution >= 0.6 is 0 Å². The van der Waals surface area contributed by atoms with E-state index in [0.29, 0.717) is 24.5 Å². The number of rotatable bonds is 7. The molecule has 1 fully saturated rings. The van der Waals surface area contributed by atoms with Crippen molar-refractivity contribution in [3.63, 3.8) is 0 Å². The van der Waals surface area contributed by atoms with Gasteiger partial charge in [-0.1, -0.05) is 43.3 Å². The van der Waals surface area contributed by atoms with Crippen molar-refractivity contribution in [2.75, 3.05) is 26.3 Å². The van der Waals surface area contributed by atoms with Crippen molar-refractivity contribution in [3.8, 4) is 16.9 Å². The maximum absolute atomic E-state index is 12.6. The topological polar surface area (TPSA) is 86.5 Å². The molecule has 166 valence electrons. The lowest BCUT2D eigenvalue weighted by Gasteiger charge is -2.25. The maximum atomic E-state index is 12.6. The number of aryl methyl sites for hydroxylation is 1. The van der Waals surface area contributed by atoms with Crippen LogP contribution in [0, 0.1) is 6.92 Å². The normalized spacial score (nSPS) is 17.0. The molecule has 3 aromatic rings. The zero-order valence-electron chi connectivity index (χ0n) is 18.5. The van der Waals surface area contributed by atoms with E-state index in [0.717, 1.165) is 41.0 Å². The van der Waals surface area contributed by atoms with E-state index in [1.165, 1.54) is 0 Å². The summed E-state index contributed by atoms with van der Waals surface area (Å²) in [5, 5.41) is 3.30. The molecule has 0 aliphatic carbocycles. The van der Waals surface area contributed by atoms with Crippen LogP contribution in [0.25, 0.3) is 11.1 Å². The van der Waals surface area contributed by atoms with Gasteiger partial charge >= 0.3 is 0 Å². The molecule has 0 radical (unpaired) electrons. The molecular weight excluding hydrogens is 402 g/mol. The van der Waals surface area contributed by atoms with Gasteiger partial charge in [0.05, 0.1) is 6.61 Å². The largest absolute Gasteiger partial charge is 0.491 e. The average Bonchev–Trinajstić information content (AvgIpc) is 2.83. The van der Waals surface area contributed by atoms with Gasteiger partial charge in [0.1, 0.15) is 18.5 Å². The number of hydrogen-bond acceptors (Lipinski definition) is 5. The first-order chi connectivity index (χ1) is 15.5. The van der Waals surface area contributed by atoms with Gasteiger partial charge in [-0.3, -0.25) is 9.78 Å². The number of nitrogens with one attached hydrogen (secondary N) is 1. The van der Waals surface area contributed by atoms with Crippen LogP contribution in [0.4, 0.5) is 0 Å². The fourth-order valence-corrected chi connectivity index (χ4v) is 4.06. The highest BCUT2D eigenvalue weighted by Crippen LogP contribution is 2.38. The molecule has 0 spiro atoms. The van der Waals surface area contributed by atoms with Crippen molar-refractivity contribution in [2.24, 2.45) is 5.73 Å². The summed E-state index contributed by atoms with van der Waals surface area (Å²) in [4.78, 5) is 17.0. The molecule has 32 heavy (non-hydrogen) atoms. The Morgan fingerprint density at radius 1 is 1.25 bits per heavy atom. The second-order valence-corrected chi connectivity index (χ2v) is 8.12. The molecule has 1 amide bonds. The van der Waals surface area contributed by atoms with Gasteiger partial charge in [-0.2, -0.15) is 0 Å². The molecule has 0 saturated carbocycles. The Labute approximate surface area is 188 Å². The highest BCUT2D eigenvalue weighted by Gasteiger charge is 2.23. The van der Waals surface area contributed by atoms with Crippen LogP contribution in [0.3, 0.4) is 0 Å². The Kier molecular flexibility index (Phi) is 6.83. The van der Waals surface area contributed by atoms with Crippen LogP contribution in [0.15, 0.2) is 60.8 Å². The molecular formula is C26H29N3O3. The molecule has 1 aliphatic heterocycles. The van der Waals surface area contributed by atoms with Crippen molar-refractivity contribution >= 4 is 5.91 Å². The molecule has 6 heteroatoms. The van der Waals surface area contributed by atoms with Crippen molar-refractivity contribution in [3.05, 3.63) is 83.2 Å². The van der Waals surface area contributed by atoms with E-state index in [-0.39, 0.29) is 12.0 Å². The number of pyridine rings is 1. The lowest BCUT2D eigenvalue weighted by Crippen LogP contribution is -2.41. The minimum atomic E-state index is -0.481. The van der Waals surface area contributed by atoms with Crippen LogP contribution in [-0.4, -0.2) is 43.3 Å². The van der Waals surface area contributed by atoms with E-state index in [1.807, 2.05) is 61.7 Å². The van der Waals surface area contributed by atoms with Crippen molar-refractivity contribution < 1.29 is 14.3 Å². The van der Waals surface area contributed by atoms with E-state index >= 15 is 0 Å². The highest BCUT2D eigenvalue weighted by atomic mass is 16.5. The summed E-state index contributed by atoms with van der Waals surface area (Å²) in [7, 11) is 0. The standard InChI is InChI=1S/C26H29N3O3/c1-17-8-9-20(14-29-17)18(2)25-23(19-6-4-3-5-7-19)12-21(13-24(25)26(27)30)32-16-22-15-28-10-11-31-22/h3-9,12-14,18,22,28H,10-11,15-16H2,1-2H3,(H2,27,30)/t18-,22?/m0/s1. The number of aromatic nitrogens is 1. The van der Waals surface area contributed by atoms with Crippen LogP contribution in [-0.2, 0) is 4.74 Å². The molecule has 1 unspecified atom stereocenters. The second kappa shape index (κ2) is 9.94. The molecule has 1 aliphatic rings. The smallest absolute Gasteiger partial charge is 0.249 e. The third kappa shape index (κ3) is 4.98. The number of benzene rings is 2. The number of nitrogens with two attached hydrogens (primary N) is 1. The Morgan fingerprint density at radius 2 is 2.06 bits per heavy atom. The minimum Gasteiger partial charge on any atom is -0.491 e. The fraction of sp³-hybridized carbons (Fsp3) is 0.308. The zero-order valence-corrected chi connectivity index (χ0v) is 18.5. The summed E-state index contributed by atoms with van der Waals surface area (Å²) >= 11 is 0. The molecule has 2 atom stereocenters. The Balaban J connectivity index is 1.77. The number of carbonyl (C=O) groups excluding carboxylic acids is 1. The van der Waals surface area contributed by atoms with Crippen LogP contribution in [0.2, 0.25) is 0 Å². The molecule has 1 aromatic heterocycles. The highest BCUT2D eigenvalue weighted by molar-refractivity contribution is 5.97.